The lowest BCUT2D eigenvalue weighted by atomic mass is 9.99. The van der Waals surface area contributed by atoms with E-state index in [9.17, 15) is 35.7 Å². The third kappa shape index (κ3) is 22.1. The van der Waals surface area contributed by atoms with Crippen LogP contribution in [0.25, 0.3) is 0 Å². The SMILES string of the molecule is C=C1N=C(N(C)C)C=CN1[C@@H]1O[C@H](CCP(=C)(C)C)[C@@H](O)[C@H]1O.C=C1N=C(N)C(CO)=CN1[C@@H]1O[C@H](CCP(=C)(C)C)[C@@H](O)[C@H]1O.C=C1NC(=NC)C=CN1[C@@H]1O[C@H](CCP(=C)(C)C)[C@@H](O)[C@H]1OC.C=C1NC(N(C)C)=NC=C1[C@@H]1O[C@H](CCP(=C)(C)C)[C@@H](O)[C@H]1OC. The normalized spacial score (nSPS) is 31.9. The first-order chi connectivity index (χ1) is 43.1. The van der Waals surface area contributed by atoms with Crippen molar-refractivity contribution in [3.63, 3.8) is 0 Å². The minimum atomic E-state index is -1.24. The first-order valence-electron chi connectivity index (χ1n) is 30.9. The fourth-order valence-electron chi connectivity index (χ4n) is 10.9. The van der Waals surface area contributed by atoms with Crippen LogP contribution >= 0.6 is 27.5 Å². The van der Waals surface area contributed by atoms with Crippen molar-refractivity contribution in [2.75, 3.05) is 134 Å². The molecule has 4 saturated heterocycles. The summed E-state index contributed by atoms with van der Waals surface area (Å²) in [6.07, 6.45) is 24.1. The molecule has 8 heterocycles. The van der Waals surface area contributed by atoms with Crippen LogP contribution < -0.4 is 16.4 Å². The predicted octanol–water partition coefficient (Wildman–Crippen LogP) is 2.60. The molecule has 0 aromatic heterocycles. The maximum Gasteiger partial charge on any atom is 0.202 e. The standard InChI is InChI=1S/C17H30N3O3P.2C16H28N3O3P.C15H26N3O4P/c1-11-12(10-18-17(19-11)20(2)3)15-16(22-4)14(21)13(23-15)8-9-24(5,6)7;1-11-17-13(18(2)3)7-9-19(11)16-15(21)14(20)12(22-16)8-10-23(4,5)6;1-11-18-13(17-2)7-9-19(11)16-15(21-3)14(20)12(22-16)8-10-23(4,5)6;1-9-17-14(16)10(8-19)7-18(9)15-13(21)12(20)11(22-15)5-6-23(2,3)4/h10,13-16,21H,1,5,8-9H2,2-4,6-7H3,(H,18,19);7,9,12,14-16,20-21H,1,4,8,10H2,2-3,5-6H3;7,9,12,14-16,20H,1,4,8,10H2,2-3,5-6H3,(H,17,18);7,11-13,15,19-21H,1-2,5-6,8H2,3-4H3,(H2,16,17)/t13-,14-,15+,16-;2*12-,14-,15-,16-;11-,12-,13-,15-/m1111/s1. The van der Waals surface area contributed by atoms with E-state index < -0.39 is 107 Å². The number of methoxy groups -OCH3 is 2. The van der Waals surface area contributed by atoms with Gasteiger partial charge in [0.1, 0.15) is 89.9 Å². The van der Waals surface area contributed by atoms with E-state index in [0.717, 1.165) is 66.4 Å². The lowest BCUT2D eigenvalue weighted by Crippen LogP contribution is -2.47. The number of ether oxygens (including phenoxy) is 6. The zero-order valence-corrected chi connectivity index (χ0v) is 61.3. The van der Waals surface area contributed by atoms with Gasteiger partial charge in [-0.25, -0.2) is 15.0 Å². The Morgan fingerprint density at radius 2 is 1.03 bits per heavy atom. The van der Waals surface area contributed by atoms with Gasteiger partial charge in [0.05, 0.1) is 31.0 Å². The molecule has 0 spiro atoms. The van der Waals surface area contributed by atoms with Gasteiger partial charge in [0, 0.05) is 91.1 Å². The van der Waals surface area contributed by atoms with E-state index >= 15 is 0 Å². The van der Waals surface area contributed by atoms with Crippen molar-refractivity contribution in [2.24, 2.45) is 25.7 Å². The number of hydrogen-bond acceptors (Lipinski definition) is 24. The monoisotopic (exact) mass is 1380 g/mol. The molecule has 29 heteroatoms. The number of likely N-dealkylation sites (N-methyl/N-ethyl adjacent to an activating group) is 1. The van der Waals surface area contributed by atoms with Crippen molar-refractivity contribution < 1.29 is 64.2 Å². The van der Waals surface area contributed by atoms with E-state index in [4.69, 9.17) is 34.2 Å². The number of guanidine groups is 1. The van der Waals surface area contributed by atoms with Crippen LogP contribution in [-0.2, 0) is 28.4 Å². The molecule has 0 radical (unpaired) electrons. The number of hydrogen-bond donors (Lipinski definition) is 10. The van der Waals surface area contributed by atoms with E-state index in [1.165, 1.54) is 4.90 Å². The molecule has 0 unspecified atom stereocenters. The topological polar surface area (TPSA) is 313 Å². The first kappa shape index (κ1) is 79.4. The van der Waals surface area contributed by atoms with Crippen molar-refractivity contribution in [2.45, 2.75) is 124 Å². The Balaban J connectivity index is 0.000000225. The highest BCUT2D eigenvalue weighted by molar-refractivity contribution is 7.73. The number of aliphatic imine (C=N–C) groups is 4. The van der Waals surface area contributed by atoms with Gasteiger partial charge in [0.25, 0.3) is 0 Å². The maximum atomic E-state index is 10.6. The summed E-state index contributed by atoms with van der Waals surface area (Å²) < 4.78 is 35.0. The third-order valence-electron chi connectivity index (χ3n) is 16.4. The lowest BCUT2D eigenvalue weighted by molar-refractivity contribution is -0.0709. The van der Waals surface area contributed by atoms with Crippen LogP contribution in [0.3, 0.4) is 0 Å². The second kappa shape index (κ2) is 33.8. The highest BCUT2D eigenvalue weighted by Gasteiger charge is 2.50. The maximum absolute atomic E-state index is 10.6. The Kier molecular flexibility index (Phi) is 28.8. The minimum absolute atomic E-state index is 0.182. The van der Waals surface area contributed by atoms with E-state index in [2.05, 4.69) is 135 Å². The van der Waals surface area contributed by atoms with Gasteiger partial charge in [-0.2, -0.15) is 0 Å². The molecule has 8 aliphatic heterocycles. The Labute approximate surface area is 554 Å². The highest BCUT2D eigenvalue weighted by atomic mass is 31.2. The zero-order valence-electron chi connectivity index (χ0n) is 57.7. The second-order valence-corrected chi connectivity index (χ2v) is 44.8. The fraction of sp³-hybridized carbons (Fsp3) is 0.625. The van der Waals surface area contributed by atoms with Crippen LogP contribution in [0.2, 0.25) is 0 Å². The molecule has 8 rings (SSSR count). The molecule has 0 saturated carbocycles. The number of aliphatic hydroxyl groups is 7. The molecule has 0 aliphatic carbocycles. The summed E-state index contributed by atoms with van der Waals surface area (Å²) >= 11 is 0. The largest absolute Gasteiger partial charge is 0.391 e. The summed E-state index contributed by atoms with van der Waals surface area (Å²) in [7, 11) is 12.5. The smallest absolute Gasteiger partial charge is 0.202 e. The molecule has 0 aromatic carbocycles. The molecule has 0 bridgehead atoms. The number of amidine groups is 3. The third-order valence-corrected chi connectivity index (χ3v) is 22.3. The van der Waals surface area contributed by atoms with E-state index in [-0.39, 0.29) is 30.8 Å². The summed E-state index contributed by atoms with van der Waals surface area (Å²) in [5, 5.41) is 77.9. The van der Waals surface area contributed by atoms with Crippen molar-refractivity contribution >= 4 is 76.2 Å². The number of nitrogens with one attached hydrogen (secondary N) is 2. The van der Waals surface area contributed by atoms with Gasteiger partial charge in [0.2, 0.25) is 5.96 Å². The van der Waals surface area contributed by atoms with Gasteiger partial charge in [0.15, 0.2) is 18.7 Å². The van der Waals surface area contributed by atoms with Gasteiger partial charge in [-0.3, -0.25) is 4.99 Å². The van der Waals surface area contributed by atoms with E-state index in [1.54, 1.807) is 44.8 Å². The molecule has 8 aliphatic rings. The molecule has 11 N–H and O–H groups in total. The average Bonchev–Trinajstić information content (AvgIpc) is 1.71. The molecule has 93 heavy (non-hydrogen) atoms. The number of nitrogens with zero attached hydrogens (tertiary/aromatic N) is 9. The Hall–Kier alpha value is -4.32. The molecule has 0 aromatic rings. The number of aliphatic hydroxyl groups excluding tert-OH is 7. The molecule has 25 nitrogen and oxygen atoms in total. The van der Waals surface area contributed by atoms with Crippen LogP contribution in [0.1, 0.15) is 25.7 Å². The van der Waals surface area contributed by atoms with Crippen molar-refractivity contribution in [3.8, 4) is 0 Å². The summed E-state index contributed by atoms with van der Waals surface area (Å²) in [5.74, 6) is 3.84. The molecular weight excluding hydrogens is 1270 g/mol. The summed E-state index contributed by atoms with van der Waals surface area (Å²) in [5.41, 5.74) is 7.65. The van der Waals surface area contributed by atoms with Crippen molar-refractivity contribution in [1.82, 2.24) is 35.1 Å². The van der Waals surface area contributed by atoms with Crippen molar-refractivity contribution in [3.05, 3.63) is 97.6 Å². The van der Waals surface area contributed by atoms with Crippen LogP contribution in [-0.4, -0.2) is 341 Å². The lowest BCUT2D eigenvalue weighted by Gasteiger charge is -2.34. The van der Waals surface area contributed by atoms with Crippen LogP contribution in [0.5, 0.6) is 0 Å². The van der Waals surface area contributed by atoms with Crippen LogP contribution in [0, 0.1) is 0 Å². The van der Waals surface area contributed by atoms with Crippen LogP contribution in [0.15, 0.2) is 118 Å². The zero-order chi connectivity index (χ0) is 70.0. The first-order valence-corrected chi connectivity index (χ1v) is 43.2. The molecule has 0 amide bonds. The molecule has 4 fully saturated rings. The van der Waals surface area contributed by atoms with E-state index in [1.807, 2.05) is 61.2 Å². The fourth-order valence-corrected chi connectivity index (χ4v) is 14.7. The average molecular weight is 1380 g/mol. The predicted molar refractivity (Wildman–Crippen MR) is 391 cm³/mol. The minimum Gasteiger partial charge on any atom is -0.391 e. The van der Waals surface area contributed by atoms with E-state index in [0.29, 0.717) is 35.9 Å². The summed E-state index contributed by atoms with van der Waals surface area (Å²) in [6, 6.07) is 0. The molecule has 16 atom stereocenters. The molecular formula is C64H112N12O13P4. The van der Waals surface area contributed by atoms with Gasteiger partial charge in [-0.15, -0.1) is 52.7 Å². The Bertz CT molecular complexity index is 3110. The van der Waals surface area contributed by atoms with Gasteiger partial charge in [-0.1, -0.05) is 26.3 Å². The highest BCUT2D eigenvalue weighted by Crippen LogP contribution is 2.43. The Morgan fingerprint density at radius 1 is 0.591 bits per heavy atom. The quantitative estimate of drug-likeness (QED) is 0.0831. The summed E-state index contributed by atoms with van der Waals surface area (Å²) in [4.78, 5) is 25.7. The van der Waals surface area contributed by atoms with Crippen molar-refractivity contribution in [1.29, 1.82) is 0 Å². The molecule has 526 valence electrons. The Morgan fingerprint density at radius 3 is 1.45 bits per heavy atom. The number of rotatable bonds is 19. The van der Waals surface area contributed by atoms with Gasteiger partial charge >= 0.3 is 0 Å². The van der Waals surface area contributed by atoms with Gasteiger partial charge < -0.3 is 105 Å². The van der Waals surface area contributed by atoms with Gasteiger partial charge in [-0.05, 0) is 116 Å². The van der Waals surface area contributed by atoms with Crippen LogP contribution in [0.4, 0.5) is 0 Å². The summed E-state index contributed by atoms with van der Waals surface area (Å²) in [6.45, 7) is 28.0. The number of nitrogens with two attached hydrogens (primary N) is 1. The second-order valence-electron chi connectivity index (χ2n) is 27.5.